The number of rotatable bonds is 1. The number of hydrogen-bond donors (Lipinski definition) is 0. The lowest BCUT2D eigenvalue weighted by Crippen LogP contribution is -1.91. The fraction of sp³-hybridized carbons (Fsp3) is 0.111. The van der Waals surface area contributed by atoms with E-state index in [0.29, 0.717) is 11.1 Å². The van der Waals surface area contributed by atoms with Crippen LogP contribution in [0.15, 0.2) is 24.3 Å². The van der Waals surface area contributed by atoms with Gasteiger partial charge >= 0.3 is 0 Å². The molecule has 0 amide bonds. The molecule has 0 aromatic heterocycles. The predicted molar refractivity (Wildman–Crippen MR) is 40.2 cm³/mol. The normalized spacial score (nSPS) is 11.2. The number of nitrogens with zero attached hydrogens (tertiary/aromatic N) is 2. The van der Waals surface area contributed by atoms with Gasteiger partial charge in [-0.3, -0.25) is 0 Å². The van der Waals surface area contributed by atoms with Crippen LogP contribution in [0.4, 0.5) is 0 Å². The van der Waals surface area contributed by atoms with Crippen LogP contribution in [0.2, 0.25) is 0 Å². The van der Waals surface area contributed by atoms with Gasteiger partial charge in [-0.1, -0.05) is 12.1 Å². The van der Waals surface area contributed by atoms with E-state index in [9.17, 15) is 5.11 Å². The minimum absolute atomic E-state index is 0.344. The zero-order chi connectivity index (χ0) is 8.97. The highest BCUT2D eigenvalue weighted by molar-refractivity contribution is 5.34. The molecular formula is C9H5N2O. The smallest absolute Gasteiger partial charge is 0.204 e. The first-order chi connectivity index (χ1) is 5.77. The Bertz CT molecular complexity index is 360. The van der Waals surface area contributed by atoms with E-state index < -0.39 is 6.10 Å². The van der Waals surface area contributed by atoms with Crippen molar-refractivity contribution in [1.29, 1.82) is 10.5 Å². The molecule has 0 aliphatic heterocycles. The molecule has 12 heavy (non-hydrogen) atoms. The summed E-state index contributed by atoms with van der Waals surface area (Å²) in [6.07, 6.45) is -1.39. The fourth-order valence-corrected chi connectivity index (χ4v) is 0.846. The lowest BCUT2D eigenvalue weighted by molar-refractivity contribution is 0.138. The standard InChI is InChI=1S/C9H5N2O/c10-5-7-2-1-3-8(4-7)9(12)6-11/h1-4,9H. The van der Waals surface area contributed by atoms with E-state index in [-0.39, 0.29) is 0 Å². The molecule has 0 saturated heterocycles. The quantitative estimate of drug-likeness (QED) is 0.620. The van der Waals surface area contributed by atoms with Crippen molar-refractivity contribution < 1.29 is 5.11 Å². The van der Waals surface area contributed by atoms with Gasteiger partial charge in [-0.25, -0.2) is 5.11 Å². The third-order valence-corrected chi connectivity index (χ3v) is 1.44. The Kier molecular flexibility index (Phi) is 2.42. The third-order valence-electron chi connectivity index (χ3n) is 1.44. The van der Waals surface area contributed by atoms with Crippen LogP contribution in [0.5, 0.6) is 0 Å². The first-order valence-corrected chi connectivity index (χ1v) is 3.33. The topological polar surface area (TPSA) is 67.5 Å². The van der Waals surface area contributed by atoms with E-state index in [4.69, 9.17) is 10.5 Å². The van der Waals surface area contributed by atoms with Crippen molar-refractivity contribution in [2.45, 2.75) is 6.10 Å². The van der Waals surface area contributed by atoms with Crippen LogP contribution in [0.25, 0.3) is 0 Å². The molecule has 0 fully saturated rings. The first kappa shape index (κ1) is 8.26. The van der Waals surface area contributed by atoms with Gasteiger partial charge in [0, 0.05) is 0 Å². The van der Waals surface area contributed by atoms with Gasteiger partial charge in [0.25, 0.3) is 0 Å². The summed E-state index contributed by atoms with van der Waals surface area (Å²) in [5, 5.41) is 27.7. The van der Waals surface area contributed by atoms with Crippen molar-refractivity contribution in [1.82, 2.24) is 0 Å². The van der Waals surface area contributed by atoms with Crippen molar-refractivity contribution in [3.05, 3.63) is 35.4 Å². The Balaban J connectivity index is 3.05. The van der Waals surface area contributed by atoms with Gasteiger partial charge in [0.15, 0.2) is 0 Å². The molecule has 1 aromatic carbocycles. The molecule has 0 aliphatic rings. The van der Waals surface area contributed by atoms with Crippen LogP contribution in [0.1, 0.15) is 17.2 Å². The molecule has 1 rings (SSSR count). The Morgan fingerprint density at radius 1 is 1.33 bits per heavy atom. The van der Waals surface area contributed by atoms with Gasteiger partial charge in [0.05, 0.1) is 11.6 Å². The van der Waals surface area contributed by atoms with E-state index in [1.165, 1.54) is 6.07 Å². The zero-order valence-corrected chi connectivity index (χ0v) is 6.19. The number of benzene rings is 1. The Morgan fingerprint density at radius 3 is 2.67 bits per heavy atom. The molecule has 0 spiro atoms. The molecular weight excluding hydrogens is 152 g/mol. The zero-order valence-electron chi connectivity index (χ0n) is 6.19. The molecule has 1 unspecified atom stereocenters. The first-order valence-electron chi connectivity index (χ1n) is 3.33. The van der Waals surface area contributed by atoms with Gasteiger partial charge in [0.2, 0.25) is 6.10 Å². The van der Waals surface area contributed by atoms with E-state index in [2.05, 4.69) is 0 Å². The molecule has 0 N–H and O–H groups in total. The van der Waals surface area contributed by atoms with Gasteiger partial charge in [-0.2, -0.15) is 10.5 Å². The van der Waals surface area contributed by atoms with Gasteiger partial charge in [0.1, 0.15) is 6.07 Å². The molecule has 3 nitrogen and oxygen atoms in total. The van der Waals surface area contributed by atoms with Crippen molar-refractivity contribution in [2.75, 3.05) is 0 Å². The molecule has 0 saturated carbocycles. The van der Waals surface area contributed by atoms with Crippen molar-refractivity contribution >= 4 is 0 Å². The predicted octanol–water partition coefficient (Wildman–Crippen LogP) is 1.55. The van der Waals surface area contributed by atoms with Crippen molar-refractivity contribution in [3.63, 3.8) is 0 Å². The van der Waals surface area contributed by atoms with Crippen molar-refractivity contribution in [3.8, 4) is 12.1 Å². The van der Waals surface area contributed by atoms with E-state index in [0.717, 1.165) is 0 Å². The highest BCUT2D eigenvalue weighted by atomic mass is 16.3. The third kappa shape index (κ3) is 1.60. The van der Waals surface area contributed by atoms with E-state index in [1.54, 1.807) is 24.3 Å². The Morgan fingerprint density at radius 2 is 2.08 bits per heavy atom. The summed E-state index contributed by atoms with van der Waals surface area (Å²) < 4.78 is 0. The Labute approximate surface area is 70.1 Å². The largest absolute Gasteiger partial charge is 0.211 e. The minimum atomic E-state index is -1.39. The molecule has 0 aliphatic carbocycles. The molecule has 0 bridgehead atoms. The van der Waals surface area contributed by atoms with Crippen LogP contribution in [0, 0.1) is 22.7 Å². The van der Waals surface area contributed by atoms with Crippen molar-refractivity contribution in [2.24, 2.45) is 0 Å². The summed E-state index contributed by atoms with van der Waals surface area (Å²) >= 11 is 0. The molecule has 1 aromatic rings. The number of nitriles is 2. The van der Waals surface area contributed by atoms with Gasteiger partial charge < -0.3 is 0 Å². The fourth-order valence-electron chi connectivity index (χ4n) is 0.846. The molecule has 0 heterocycles. The minimum Gasteiger partial charge on any atom is -0.211 e. The van der Waals surface area contributed by atoms with Gasteiger partial charge in [-0.05, 0) is 17.7 Å². The SMILES string of the molecule is N#Cc1cccc(C([O])C#N)c1. The summed E-state index contributed by atoms with van der Waals surface area (Å²) in [6.45, 7) is 0. The van der Waals surface area contributed by atoms with Crippen LogP contribution >= 0.6 is 0 Å². The lowest BCUT2D eigenvalue weighted by Gasteiger charge is -1.98. The second-order valence-electron chi connectivity index (χ2n) is 2.25. The summed E-state index contributed by atoms with van der Waals surface area (Å²) in [5.41, 5.74) is 0.750. The highest BCUT2D eigenvalue weighted by Gasteiger charge is 2.06. The van der Waals surface area contributed by atoms with Crippen LogP contribution in [-0.4, -0.2) is 0 Å². The monoisotopic (exact) mass is 157 g/mol. The van der Waals surface area contributed by atoms with E-state index >= 15 is 0 Å². The summed E-state index contributed by atoms with van der Waals surface area (Å²) in [4.78, 5) is 0. The maximum Gasteiger partial charge on any atom is 0.204 e. The highest BCUT2D eigenvalue weighted by Crippen LogP contribution is 2.13. The summed E-state index contributed by atoms with van der Waals surface area (Å²) in [7, 11) is 0. The van der Waals surface area contributed by atoms with Gasteiger partial charge in [-0.15, -0.1) is 0 Å². The maximum absolute atomic E-state index is 10.9. The average Bonchev–Trinajstić information content (AvgIpc) is 2.17. The van der Waals surface area contributed by atoms with Crippen LogP contribution in [-0.2, 0) is 5.11 Å². The summed E-state index contributed by atoms with van der Waals surface area (Å²) in [5.74, 6) is 0. The maximum atomic E-state index is 10.9. The molecule has 57 valence electrons. The lowest BCUT2D eigenvalue weighted by atomic mass is 10.1. The van der Waals surface area contributed by atoms with Crippen LogP contribution in [0.3, 0.4) is 0 Å². The summed E-state index contributed by atoms with van der Waals surface area (Å²) in [6, 6.07) is 9.62. The number of hydrogen-bond acceptors (Lipinski definition) is 2. The van der Waals surface area contributed by atoms with E-state index in [1.807, 2.05) is 6.07 Å². The molecule has 1 radical (unpaired) electrons. The molecule has 1 atom stereocenters. The Hall–Kier alpha value is -1.84. The molecule has 3 heteroatoms. The average molecular weight is 157 g/mol. The van der Waals surface area contributed by atoms with Crippen LogP contribution < -0.4 is 0 Å². The second kappa shape index (κ2) is 3.52. The second-order valence-corrected chi connectivity index (χ2v) is 2.25.